The Morgan fingerprint density at radius 2 is 2.00 bits per heavy atom. The highest BCUT2D eigenvalue weighted by atomic mass is 32.1. The van der Waals surface area contributed by atoms with Crippen molar-refractivity contribution < 1.29 is 0 Å². The van der Waals surface area contributed by atoms with E-state index >= 15 is 0 Å². The third-order valence-electron chi connectivity index (χ3n) is 2.82. The van der Waals surface area contributed by atoms with Gasteiger partial charge in [-0.15, -0.1) is 10.2 Å². The molecule has 0 radical (unpaired) electrons. The van der Waals surface area contributed by atoms with Crippen LogP contribution in [-0.4, -0.2) is 16.7 Å². The van der Waals surface area contributed by atoms with E-state index in [-0.39, 0.29) is 0 Å². The molecule has 0 unspecified atom stereocenters. The summed E-state index contributed by atoms with van der Waals surface area (Å²) in [7, 11) is 0. The van der Waals surface area contributed by atoms with Crippen LogP contribution in [0.1, 0.15) is 22.6 Å². The van der Waals surface area contributed by atoms with E-state index in [2.05, 4.69) is 42.2 Å². The van der Waals surface area contributed by atoms with Crippen LogP contribution in [0.5, 0.6) is 0 Å². The number of nitrogens with two attached hydrogens (primary N) is 1. The molecular weight excluding hydrogens is 230 g/mol. The Morgan fingerprint density at radius 1 is 1.18 bits per heavy atom. The van der Waals surface area contributed by atoms with Gasteiger partial charge in [0, 0.05) is 12.0 Å². The molecule has 2 rings (SSSR count). The average Bonchev–Trinajstić information content (AvgIpc) is 2.79. The molecule has 0 aliphatic rings. The molecule has 1 aromatic heterocycles. The van der Waals surface area contributed by atoms with Crippen molar-refractivity contribution in [1.82, 2.24) is 10.2 Å². The molecule has 2 aromatic rings. The number of rotatable bonds is 4. The molecule has 0 fully saturated rings. The summed E-state index contributed by atoms with van der Waals surface area (Å²) in [4.78, 5) is 0. The van der Waals surface area contributed by atoms with E-state index < -0.39 is 0 Å². The Hall–Kier alpha value is -1.26. The topological polar surface area (TPSA) is 51.8 Å². The van der Waals surface area contributed by atoms with E-state index in [1.807, 2.05) is 0 Å². The predicted molar refractivity (Wildman–Crippen MR) is 72.2 cm³/mol. The molecule has 3 nitrogen and oxygen atoms in total. The minimum absolute atomic E-state index is 0.707. The number of hydrogen-bond donors (Lipinski definition) is 1. The zero-order chi connectivity index (χ0) is 12.3. The van der Waals surface area contributed by atoms with E-state index in [0.717, 1.165) is 28.4 Å². The summed E-state index contributed by atoms with van der Waals surface area (Å²) in [6.07, 6.45) is 1.90. The highest BCUT2D eigenvalue weighted by Gasteiger charge is 2.07. The van der Waals surface area contributed by atoms with Crippen LogP contribution in [0.15, 0.2) is 18.2 Å². The molecule has 0 aliphatic heterocycles. The minimum atomic E-state index is 0.707. The first kappa shape index (κ1) is 12.2. The number of benzene rings is 1. The van der Waals surface area contributed by atoms with Crippen LogP contribution in [0, 0.1) is 13.8 Å². The summed E-state index contributed by atoms with van der Waals surface area (Å²) in [5.41, 5.74) is 9.24. The second-order valence-electron chi connectivity index (χ2n) is 4.19. The molecule has 17 heavy (non-hydrogen) atoms. The van der Waals surface area contributed by atoms with Gasteiger partial charge in [0.25, 0.3) is 0 Å². The Labute approximate surface area is 106 Å². The van der Waals surface area contributed by atoms with Crippen molar-refractivity contribution in [3.05, 3.63) is 34.3 Å². The van der Waals surface area contributed by atoms with Gasteiger partial charge in [0.05, 0.1) is 0 Å². The van der Waals surface area contributed by atoms with Crippen LogP contribution in [0.3, 0.4) is 0 Å². The van der Waals surface area contributed by atoms with Crippen molar-refractivity contribution >= 4 is 11.3 Å². The third kappa shape index (κ3) is 2.90. The summed E-state index contributed by atoms with van der Waals surface area (Å²) in [6.45, 7) is 4.94. The van der Waals surface area contributed by atoms with E-state index in [1.165, 1.54) is 11.1 Å². The van der Waals surface area contributed by atoms with Crippen LogP contribution in [0.2, 0.25) is 0 Å². The first-order chi connectivity index (χ1) is 8.20. The minimum Gasteiger partial charge on any atom is -0.330 e. The molecule has 0 bridgehead atoms. The number of aryl methyl sites for hydroxylation is 3. The van der Waals surface area contributed by atoms with Crippen molar-refractivity contribution in [3.63, 3.8) is 0 Å². The fourth-order valence-corrected chi connectivity index (χ4v) is 2.48. The zero-order valence-electron chi connectivity index (χ0n) is 10.2. The number of hydrogen-bond acceptors (Lipinski definition) is 4. The van der Waals surface area contributed by atoms with Gasteiger partial charge >= 0.3 is 0 Å². The molecular formula is C13H17N3S. The second-order valence-corrected chi connectivity index (χ2v) is 5.25. The van der Waals surface area contributed by atoms with E-state index in [1.54, 1.807) is 11.3 Å². The second kappa shape index (κ2) is 5.38. The average molecular weight is 247 g/mol. The first-order valence-corrected chi connectivity index (χ1v) is 6.62. The Balaban J connectivity index is 2.21. The van der Waals surface area contributed by atoms with E-state index in [9.17, 15) is 0 Å². The Morgan fingerprint density at radius 3 is 2.71 bits per heavy atom. The summed E-state index contributed by atoms with van der Waals surface area (Å²) in [6, 6.07) is 6.41. The van der Waals surface area contributed by atoms with Gasteiger partial charge in [-0.25, -0.2) is 0 Å². The first-order valence-electron chi connectivity index (χ1n) is 5.81. The van der Waals surface area contributed by atoms with Crippen LogP contribution in [0.25, 0.3) is 10.6 Å². The lowest BCUT2D eigenvalue weighted by Gasteiger charge is -2.01. The molecule has 90 valence electrons. The Kier molecular flexibility index (Phi) is 3.86. The van der Waals surface area contributed by atoms with Crippen LogP contribution in [0.4, 0.5) is 0 Å². The molecule has 0 saturated carbocycles. The van der Waals surface area contributed by atoms with Crippen molar-refractivity contribution in [2.45, 2.75) is 26.7 Å². The molecule has 0 saturated heterocycles. The standard InChI is InChI=1S/C13H17N3S/c1-9-5-6-11(8-10(9)2)13-16-15-12(17-13)4-3-7-14/h5-6,8H,3-4,7,14H2,1-2H3. The molecule has 0 spiro atoms. The lowest BCUT2D eigenvalue weighted by atomic mass is 10.1. The van der Waals surface area contributed by atoms with Crippen molar-refractivity contribution in [2.24, 2.45) is 5.73 Å². The van der Waals surface area contributed by atoms with Crippen LogP contribution < -0.4 is 5.73 Å². The molecule has 0 atom stereocenters. The normalized spacial score (nSPS) is 10.8. The molecule has 4 heteroatoms. The van der Waals surface area contributed by atoms with Gasteiger partial charge in [-0.05, 0) is 44.0 Å². The molecule has 1 heterocycles. The van der Waals surface area contributed by atoms with Crippen LogP contribution >= 0.6 is 11.3 Å². The molecule has 1 aromatic carbocycles. The number of aromatic nitrogens is 2. The lowest BCUT2D eigenvalue weighted by Crippen LogP contribution is -1.99. The fourth-order valence-electron chi connectivity index (χ4n) is 1.60. The van der Waals surface area contributed by atoms with Gasteiger partial charge in [0.1, 0.15) is 10.0 Å². The van der Waals surface area contributed by atoms with Gasteiger partial charge in [0.2, 0.25) is 0 Å². The predicted octanol–water partition coefficient (Wildman–Crippen LogP) is 2.71. The Bertz CT molecular complexity index is 505. The fraction of sp³-hybridized carbons (Fsp3) is 0.385. The summed E-state index contributed by atoms with van der Waals surface area (Å²) < 4.78 is 0. The summed E-state index contributed by atoms with van der Waals surface area (Å²) in [5, 5.41) is 10.5. The van der Waals surface area contributed by atoms with Crippen molar-refractivity contribution in [3.8, 4) is 10.6 Å². The van der Waals surface area contributed by atoms with Gasteiger partial charge in [-0.3, -0.25) is 0 Å². The highest BCUT2D eigenvalue weighted by Crippen LogP contribution is 2.25. The molecule has 0 aliphatic carbocycles. The molecule has 0 amide bonds. The van der Waals surface area contributed by atoms with Gasteiger partial charge in [-0.1, -0.05) is 23.5 Å². The van der Waals surface area contributed by atoms with Crippen molar-refractivity contribution in [1.29, 1.82) is 0 Å². The van der Waals surface area contributed by atoms with Crippen LogP contribution in [-0.2, 0) is 6.42 Å². The number of nitrogens with zero attached hydrogens (tertiary/aromatic N) is 2. The summed E-state index contributed by atoms with van der Waals surface area (Å²) >= 11 is 1.66. The van der Waals surface area contributed by atoms with Gasteiger partial charge in [0.15, 0.2) is 0 Å². The van der Waals surface area contributed by atoms with Gasteiger partial charge in [-0.2, -0.15) is 0 Å². The maximum Gasteiger partial charge on any atom is 0.147 e. The maximum absolute atomic E-state index is 5.49. The van der Waals surface area contributed by atoms with E-state index in [4.69, 9.17) is 5.73 Å². The smallest absolute Gasteiger partial charge is 0.147 e. The monoisotopic (exact) mass is 247 g/mol. The third-order valence-corrected chi connectivity index (χ3v) is 3.85. The van der Waals surface area contributed by atoms with Gasteiger partial charge < -0.3 is 5.73 Å². The maximum atomic E-state index is 5.49. The largest absolute Gasteiger partial charge is 0.330 e. The SMILES string of the molecule is Cc1ccc(-c2nnc(CCCN)s2)cc1C. The van der Waals surface area contributed by atoms with Crippen molar-refractivity contribution in [2.75, 3.05) is 6.54 Å². The quantitative estimate of drug-likeness (QED) is 0.903. The zero-order valence-corrected chi connectivity index (χ0v) is 11.0. The molecule has 2 N–H and O–H groups in total. The van der Waals surface area contributed by atoms with E-state index in [0.29, 0.717) is 6.54 Å². The highest BCUT2D eigenvalue weighted by molar-refractivity contribution is 7.14. The lowest BCUT2D eigenvalue weighted by molar-refractivity contribution is 0.812. The summed E-state index contributed by atoms with van der Waals surface area (Å²) in [5.74, 6) is 0.